The van der Waals surface area contributed by atoms with Crippen molar-refractivity contribution in [1.82, 2.24) is 0 Å². The molecule has 0 radical (unpaired) electrons. The molecule has 0 saturated heterocycles. The molecule has 0 fully saturated rings. The average Bonchev–Trinajstić information content (AvgIpc) is 3.29. The molecule has 0 aliphatic heterocycles. The third kappa shape index (κ3) is 7.08. The first-order valence-corrected chi connectivity index (χ1v) is 23.7. The van der Waals surface area contributed by atoms with Gasteiger partial charge in [-0.3, -0.25) is 0 Å². The summed E-state index contributed by atoms with van der Waals surface area (Å²) in [6.07, 6.45) is 0. The first-order chi connectivity index (χ1) is 26.9. The zero-order valence-electron chi connectivity index (χ0n) is 30.1. The molecule has 0 heterocycles. The van der Waals surface area contributed by atoms with E-state index in [0.717, 1.165) is 42.4 Å². The Kier molecular flexibility index (Phi) is 12.6. The monoisotopic (exact) mass is 841 g/mol. The standard InChI is InChI=1S/2C24H21OP.2O.Tc/c2*25-26(21-13-5-1-6-14-21,22-15-7-2-8-16-22,23-17-9-3-10-18-23)24-19-11-4-12-20-24;;;/h2*1-20,25H;;;. The molecule has 4 nitrogen and oxygen atoms in total. The maximum absolute atomic E-state index is 13.0. The summed E-state index contributed by atoms with van der Waals surface area (Å²) in [6.45, 7) is -7.63. The maximum atomic E-state index is 13.0. The van der Waals surface area contributed by atoms with Gasteiger partial charge in [-0.05, 0) is 0 Å². The Bertz CT molecular complexity index is 1910. The molecule has 8 rings (SSSR count). The van der Waals surface area contributed by atoms with Gasteiger partial charge in [0.05, 0.1) is 0 Å². The van der Waals surface area contributed by atoms with Crippen molar-refractivity contribution in [3.8, 4) is 0 Å². The molecule has 0 amide bonds. The molecule has 0 aliphatic carbocycles. The van der Waals surface area contributed by atoms with E-state index in [1.54, 1.807) is 0 Å². The van der Waals surface area contributed by atoms with Gasteiger partial charge in [0.25, 0.3) is 0 Å². The minimum absolute atomic E-state index is 0.946. The SMILES string of the molecule is OP(c1ccccc1)(c1ccccc1)(c1ccccc1)c1ccccc1.OP(c1ccccc1)(c1ccccc1)(c1ccccc1)c1ccccc1.[O]=[Tc]=[O]. The van der Waals surface area contributed by atoms with E-state index in [2.05, 4.69) is 0 Å². The van der Waals surface area contributed by atoms with Crippen LogP contribution in [-0.2, 0) is 24.6 Å². The number of hydrogen-bond donors (Lipinski definition) is 2. The van der Waals surface area contributed by atoms with E-state index in [9.17, 15) is 9.79 Å². The Balaban J connectivity index is 0.000000175. The van der Waals surface area contributed by atoms with Crippen LogP contribution in [-0.4, -0.2) is 9.79 Å². The summed E-state index contributed by atoms with van der Waals surface area (Å²) in [5, 5.41) is 7.57. The second kappa shape index (κ2) is 17.5. The molecule has 0 aromatic heterocycles. The van der Waals surface area contributed by atoms with Crippen LogP contribution in [0.25, 0.3) is 0 Å². The molecule has 8 aromatic carbocycles. The van der Waals surface area contributed by atoms with Crippen LogP contribution in [0.15, 0.2) is 243 Å². The molecule has 7 heteroatoms. The Hall–Kier alpha value is -5.21. The van der Waals surface area contributed by atoms with E-state index >= 15 is 0 Å². The quantitative estimate of drug-likeness (QED) is 0.158. The molecule has 2 N–H and O–H groups in total. The first kappa shape index (κ1) is 39.5. The number of benzene rings is 8. The van der Waals surface area contributed by atoms with Crippen LogP contribution >= 0.6 is 13.7 Å². The van der Waals surface area contributed by atoms with Gasteiger partial charge in [-0.1, -0.05) is 0 Å². The Labute approximate surface area is 331 Å². The average molecular weight is 843 g/mol. The summed E-state index contributed by atoms with van der Waals surface area (Å²) in [5.74, 6) is 0. The molecule has 0 atom stereocenters. The van der Waals surface area contributed by atoms with E-state index in [1.807, 2.05) is 243 Å². The molecule has 8 aromatic rings. The van der Waals surface area contributed by atoms with Gasteiger partial charge in [0.15, 0.2) is 0 Å². The van der Waals surface area contributed by atoms with Crippen LogP contribution in [0.4, 0.5) is 0 Å². The van der Waals surface area contributed by atoms with E-state index in [0.29, 0.717) is 0 Å². The van der Waals surface area contributed by atoms with E-state index < -0.39 is 31.3 Å². The van der Waals surface area contributed by atoms with Crippen molar-refractivity contribution in [2.45, 2.75) is 0 Å². The van der Waals surface area contributed by atoms with Gasteiger partial charge >= 0.3 is 333 Å². The fourth-order valence-corrected chi connectivity index (χ4v) is 17.1. The van der Waals surface area contributed by atoms with Crippen LogP contribution < -0.4 is 42.4 Å². The molecular formula is C48H42O4P2Tc. The fraction of sp³-hybridized carbons (Fsp3) is 0. The van der Waals surface area contributed by atoms with E-state index in [1.165, 1.54) is 0 Å². The zero-order valence-corrected chi connectivity index (χ0v) is 33.7. The van der Waals surface area contributed by atoms with E-state index in [-0.39, 0.29) is 0 Å². The van der Waals surface area contributed by atoms with Gasteiger partial charge in [-0.15, -0.1) is 0 Å². The fourth-order valence-electron chi connectivity index (χ4n) is 7.53. The molecule has 0 saturated carbocycles. The van der Waals surface area contributed by atoms with Gasteiger partial charge in [-0.25, -0.2) is 0 Å². The van der Waals surface area contributed by atoms with Crippen LogP contribution in [0.3, 0.4) is 0 Å². The van der Waals surface area contributed by atoms with Crippen molar-refractivity contribution >= 4 is 56.1 Å². The van der Waals surface area contributed by atoms with Gasteiger partial charge in [-0.2, -0.15) is 0 Å². The van der Waals surface area contributed by atoms with Crippen molar-refractivity contribution in [2.75, 3.05) is 0 Å². The third-order valence-corrected chi connectivity index (χ3v) is 20.5. The first-order valence-electron chi connectivity index (χ1n) is 17.8. The van der Waals surface area contributed by atoms with Crippen LogP contribution in [0.5, 0.6) is 0 Å². The van der Waals surface area contributed by atoms with Gasteiger partial charge in [0.1, 0.15) is 0 Å². The van der Waals surface area contributed by atoms with Crippen LogP contribution in [0.2, 0.25) is 0 Å². The van der Waals surface area contributed by atoms with Crippen LogP contribution in [0, 0.1) is 0 Å². The molecule has 0 spiro atoms. The second-order valence-corrected chi connectivity index (χ2v) is 21.6. The van der Waals surface area contributed by atoms with Gasteiger partial charge in [0, 0.05) is 0 Å². The predicted octanol–water partition coefficient (Wildman–Crippen LogP) is 7.26. The van der Waals surface area contributed by atoms with E-state index in [4.69, 9.17) is 7.01 Å². The molecule has 275 valence electrons. The van der Waals surface area contributed by atoms with Gasteiger partial charge < -0.3 is 0 Å². The number of hydrogen-bond acceptors (Lipinski definition) is 4. The van der Waals surface area contributed by atoms with Crippen LogP contribution in [0.1, 0.15) is 0 Å². The summed E-state index contributed by atoms with van der Waals surface area (Å²) in [4.78, 5) is 26.0. The molecule has 0 bridgehead atoms. The predicted molar refractivity (Wildman–Crippen MR) is 228 cm³/mol. The Morgan fingerprint density at radius 3 is 0.418 bits per heavy atom. The van der Waals surface area contributed by atoms with Crippen molar-refractivity contribution in [3.63, 3.8) is 0 Å². The summed E-state index contributed by atoms with van der Waals surface area (Å²) < 4.78 is 17.0. The minimum atomic E-state index is -3.82. The Morgan fingerprint density at radius 2 is 0.327 bits per heavy atom. The normalized spacial score (nSPS) is 12.4. The van der Waals surface area contributed by atoms with Crippen molar-refractivity contribution < 1.29 is 34.4 Å². The Morgan fingerprint density at radius 1 is 0.236 bits per heavy atom. The summed E-state index contributed by atoms with van der Waals surface area (Å²) in [5.41, 5.74) is 0. The summed E-state index contributed by atoms with van der Waals surface area (Å²) in [6, 6.07) is 80.7. The third-order valence-electron chi connectivity index (χ3n) is 10.1. The van der Waals surface area contributed by atoms with Crippen molar-refractivity contribution in [3.05, 3.63) is 243 Å². The zero-order chi connectivity index (χ0) is 38.5. The molecule has 0 aliphatic rings. The van der Waals surface area contributed by atoms with Crippen molar-refractivity contribution in [1.29, 1.82) is 0 Å². The second-order valence-electron chi connectivity index (χ2n) is 12.9. The molecule has 55 heavy (non-hydrogen) atoms. The molecular weight excluding hydrogens is 800 g/mol. The van der Waals surface area contributed by atoms with Crippen molar-refractivity contribution in [2.24, 2.45) is 0 Å². The topological polar surface area (TPSA) is 74.6 Å². The number of rotatable bonds is 8. The summed E-state index contributed by atoms with van der Waals surface area (Å²) in [7, 11) is 0. The molecule has 0 unspecified atom stereocenters. The van der Waals surface area contributed by atoms with Gasteiger partial charge in [0.2, 0.25) is 0 Å². The summed E-state index contributed by atoms with van der Waals surface area (Å²) >= 11 is -1.91.